The van der Waals surface area contributed by atoms with Gasteiger partial charge in [0.05, 0.1) is 18.4 Å². The Labute approximate surface area is 213 Å². The lowest BCUT2D eigenvalue weighted by atomic mass is 10.1. The van der Waals surface area contributed by atoms with Crippen LogP contribution in [0.15, 0.2) is 97.1 Å². The summed E-state index contributed by atoms with van der Waals surface area (Å²) in [6.07, 6.45) is 0. The van der Waals surface area contributed by atoms with E-state index in [2.05, 4.69) is 16.0 Å². The maximum absolute atomic E-state index is 13.4. The molecular formula is C29H24FN3O4. The molecule has 0 aliphatic rings. The summed E-state index contributed by atoms with van der Waals surface area (Å²) in [5.41, 5.74) is 2.55. The summed E-state index contributed by atoms with van der Waals surface area (Å²) < 4.78 is 18.5. The summed E-state index contributed by atoms with van der Waals surface area (Å²) in [6, 6.07) is 25.7. The van der Waals surface area contributed by atoms with Crippen molar-refractivity contribution in [3.05, 3.63) is 125 Å². The predicted molar refractivity (Wildman–Crippen MR) is 139 cm³/mol. The van der Waals surface area contributed by atoms with Crippen LogP contribution in [0, 0.1) is 5.82 Å². The van der Waals surface area contributed by atoms with Crippen molar-refractivity contribution in [2.24, 2.45) is 0 Å². The van der Waals surface area contributed by atoms with Gasteiger partial charge in [-0.15, -0.1) is 0 Å². The molecule has 7 nitrogen and oxygen atoms in total. The second-order valence-corrected chi connectivity index (χ2v) is 8.08. The summed E-state index contributed by atoms with van der Waals surface area (Å²) in [6.45, 7) is 0.184. The first-order valence-electron chi connectivity index (χ1n) is 11.4. The lowest BCUT2D eigenvalue weighted by Crippen LogP contribution is -2.25. The number of halogens is 1. The molecule has 0 radical (unpaired) electrons. The van der Waals surface area contributed by atoms with Crippen LogP contribution in [0.25, 0.3) is 0 Å². The first-order valence-corrected chi connectivity index (χ1v) is 11.4. The molecule has 0 atom stereocenters. The smallest absolute Gasteiger partial charge is 0.255 e. The summed E-state index contributed by atoms with van der Waals surface area (Å²) in [5, 5.41) is 8.34. The number of ether oxygens (including phenoxy) is 1. The van der Waals surface area contributed by atoms with Crippen molar-refractivity contribution in [1.82, 2.24) is 5.32 Å². The highest BCUT2D eigenvalue weighted by Crippen LogP contribution is 2.19. The predicted octanol–water partition coefficient (Wildman–Crippen LogP) is 5.27. The van der Waals surface area contributed by atoms with E-state index in [-0.39, 0.29) is 23.9 Å². The number of anilines is 2. The molecule has 4 rings (SSSR count). The van der Waals surface area contributed by atoms with E-state index in [4.69, 9.17) is 4.74 Å². The minimum absolute atomic E-state index is 0.184. The van der Waals surface area contributed by atoms with Gasteiger partial charge in [0.2, 0.25) is 0 Å². The Bertz CT molecular complexity index is 1440. The van der Waals surface area contributed by atoms with Gasteiger partial charge in [-0.2, -0.15) is 0 Å². The van der Waals surface area contributed by atoms with Crippen LogP contribution in [0.3, 0.4) is 0 Å². The summed E-state index contributed by atoms with van der Waals surface area (Å²) >= 11 is 0. The van der Waals surface area contributed by atoms with Crippen LogP contribution >= 0.6 is 0 Å². The van der Waals surface area contributed by atoms with Crippen molar-refractivity contribution in [3.63, 3.8) is 0 Å². The van der Waals surface area contributed by atoms with Crippen LogP contribution in [0.4, 0.5) is 15.8 Å². The molecule has 0 aliphatic heterocycles. The molecule has 186 valence electrons. The molecule has 0 fully saturated rings. The maximum atomic E-state index is 13.4. The van der Waals surface area contributed by atoms with E-state index in [0.29, 0.717) is 28.3 Å². The van der Waals surface area contributed by atoms with Crippen LogP contribution in [0.2, 0.25) is 0 Å². The van der Waals surface area contributed by atoms with Crippen molar-refractivity contribution in [3.8, 4) is 5.75 Å². The van der Waals surface area contributed by atoms with Crippen LogP contribution < -0.4 is 20.7 Å². The standard InChI is InChI=1S/C29H24FN3O4/c1-37-24-14-12-20(13-15-24)27(34)33-26-11-3-2-10-25(26)29(36)31-18-19-6-4-9-23(16-19)32-28(35)21-7-5-8-22(30)17-21/h2-17H,18H2,1H3,(H,31,36)(H,32,35)(H,33,34). The first kappa shape index (κ1) is 25.1. The van der Waals surface area contributed by atoms with E-state index in [9.17, 15) is 18.8 Å². The molecule has 0 spiro atoms. The lowest BCUT2D eigenvalue weighted by Gasteiger charge is -2.12. The number of amides is 3. The Hall–Kier alpha value is -4.98. The van der Waals surface area contributed by atoms with E-state index in [0.717, 1.165) is 11.6 Å². The van der Waals surface area contributed by atoms with E-state index in [1.54, 1.807) is 79.9 Å². The lowest BCUT2D eigenvalue weighted by molar-refractivity contribution is 0.0950. The average Bonchev–Trinajstić information content (AvgIpc) is 2.92. The van der Waals surface area contributed by atoms with Crippen molar-refractivity contribution in [2.45, 2.75) is 6.54 Å². The largest absolute Gasteiger partial charge is 0.497 e. The monoisotopic (exact) mass is 497 g/mol. The van der Waals surface area contributed by atoms with Gasteiger partial charge in [-0.25, -0.2) is 4.39 Å². The first-order chi connectivity index (χ1) is 17.9. The third kappa shape index (κ3) is 6.58. The van der Waals surface area contributed by atoms with E-state index in [1.807, 2.05) is 0 Å². The topological polar surface area (TPSA) is 96.5 Å². The molecule has 8 heteroatoms. The van der Waals surface area contributed by atoms with Gasteiger partial charge in [0, 0.05) is 23.4 Å². The normalized spacial score (nSPS) is 10.3. The fraction of sp³-hybridized carbons (Fsp3) is 0.0690. The van der Waals surface area contributed by atoms with Crippen LogP contribution in [-0.2, 0) is 6.54 Å². The van der Waals surface area contributed by atoms with Gasteiger partial charge in [0.1, 0.15) is 11.6 Å². The van der Waals surface area contributed by atoms with Crippen LogP contribution in [0.5, 0.6) is 5.75 Å². The maximum Gasteiger partial charge on any atom is 0.255 e. The third-order valence-corrected chi connectivity index (χ3v) is 5.50. The molecule has 37 heavy (non-hydrogen) atoms. The molecular weight excluding hydrogens is 473 g/mol. The number of carbonyl (C=O) groups is 3. The molecule has 3 N–H and O–H groups in total. The van der Waals surface area contributed by atoms with Gasteiger partial charge in [0.25, 0.3) is 17.7 Å². The van der Waals surface area contributed by atoms with Gasteiger partial charge in [0.15, 0.2) is 0 Å². The fourth-order valence-electron chi connectivity index (χ4n) is 3.60. The molecule has 4 aromatic carbocycles. The van der Waals surface area contributed by atoms with Crippen LogP contribution in [-0.4, -0.2) is 24.8 Å². The number of hydrogen-bond acceptors (Lipinski definition) is 4. The number of methoxy groups -OCH3 is 1. The minimum atomic E-state index is -0.496. The van der Waals surface area contributed by atoms with Gasteiger partial charge >= 0.3 is 0 Å². The van der Waals surface area contributed by atoms with Crippen LogP contribution in [0.1, 0.15) is 36.6 Å². The van der Waals surface area contributed by atoms with Gasteiger partial charge in [-0.1, -0.05) is 30.3 Å². The number of hydrogen-bond donors (Lipinski definition) is 3. The molecule has 0 aromatic heterocycles. The number of para-hydroxylation sites is 1. The van der Waals surface area contributed by atoms with Gasteiger partial charge in [-0.05, 0) is 72.3 Å². The Morgan fingerprint density at radius 1 is 0.730 bits per heavy atom. The molecule has 0 unspecified atom stereocenters. The average molecular weight is 498 g/mol. The Balaban J connectivity index is 1.40. The SMILES string of the molecule is COc1ccc(C(=O)Nc2ccccc2C(=O)NCc2cccc(NC(=O)c3cccc(F)c3)c2)cc1. The van der Waals surface area contributed by atoms with Crippen molar-refractivity contribution in [2.75, 3.05) is 17.7 Å². The molecule has 0 bridgehead atoms. The molecule has 0 aliphatic carbocycles. The zero-order valence-corrected chi connectivity index (χ0v) is 20.0. The molecule has 3 amide bonds. The van der Waals surface area contributed by atoms with Crippen molar-refractivity contribution >= 4 is 29.1 Å². The molecule has 0 saturated heterocycles. The number of benzene rings is 4. The van der Waals surface area contributed by atoms with Gasteiger partial charge in [-0.3, -0.25) is 14.4 Å². The number of rotatable bonds is 8. The highest BCUT2D eigenvalue weighted by molar-refractivity contribution is 6.09. The second kappa shape index (κ2) is 11.6. The zero-order valence-electron chi connectivity index (χ0n) is 20.0. The Kier molecular flexibility index (Phi) is 7.90. The highest BCUT2D eigenvalue weighted by Gasteiger charge is 2.14. The minimum Gasteiger partial charge on any atom is -0.497 e. The third-order valence-electron chi connectivity index (χ3n) is 5.50. The second-order valence-electron chi connectivity index (χ2n) is 8.08. The van der Waals surface area contributed by atoms with E-state index in [1.165, 1.54) is 18.2 Å². The highest BCUT2D eigenvalue weighted by atomic mass is 19.1. The zero-order chi connectivity index (χ0) is 26.2. The van der Waals surface area contributed by atoms with Crippen molar-refractivity contribution in [1.29, 1.82) is 0 Å². The number of nitrogens with one attached hydrogen (secondary N) is 3. The summed E-state index contributed by atoms with van der Waals surface area (Å²) in [4.78, 5) is 38.0. The summed E-state index contributed by atoms with van der Waals surface area (Å²) in [5.74, 6) is -1.04. The fourth-order valence-corrected chi connectivity index (χ4v) is 3.60. The number of carbonyl (C=O) groups excluding carboxylic acids is 3. The molecule has 0 saturated carbocycles. The van der Waals surface area contributed by atoms with Gasteiger partial charge < -0.3 is 20.7 Å². The Morgan fingerprint density at radius 3 is 2.22 bits per heavy atom. The van der Waals surface area contributed by atoms with E-state index >= 15 is 0 Å². The quantitative estimate of drug-likeness (QED) is 0.309. The molecule has 4 aromatic rings. The summed E-state index contributed by atoms with van der Waals surface area (Å²) in [7, 11) is 1.54. The van der Waals surface area contributed by atoms with E-state index < -0.39 is 11.7 Å². The molecule has 0 heterocycles. The van der Waals surface area contributed by atoms with Crippen molar-refractivity contribution < 1.29 is 23.5 Å². The Morgan fingerprint density at radius 2 is 1.46 bits per heavy atom.